The molecule has 0 aliphatic rings. The van der Waals surface area contributed by atoms with Gasteiger partial charge in [-0.25, -0.2) is 9.97 Å². The average Bonchev–Trinajstić information content (AvgIpc) is 2.47. The molecule has 0 spiro atoms. The Morgan fingerprint density at radius 1 is 1.19 bits per heavy atom. The van der Waals surface area contributed by atoms with Crippen LogP contribution in [0.3, 0.4) is 0 Å². The van der Waals surface area contributed by atoms with Crippen molar-refractivity contribution in [3.05, 3.63) is 42.2 Å². The van der Waals surface area contributed by atoms with Crippen LogP contribution in [0.5, 0.6) is 0 Å². The van der Waals surface area contributed by atoms with Crippen LogP contribution < -0.4 is 10.6 Å². The van der Waals surface area contributed by atoms with Gasteiger partial charge in [0.25, 0.3) is 0 Å². The molecule has 1 heterocycles. The number of likely N-dealkylation sites (N-methyl/N-ethyl adjacent to an activating group) is 1. The molecule has 21 heavy (non-hydrogen) atoms. The van der Waals surface area contributed by atoms with E-state index in [1.807, 2.05) is 32.3 Å². The molecule has 1 aromatic heterocycles. The van der Waals surface area contributed by atoms with Crippen LogP contribution in [0, 0.1) is 11.3 Å². The lowest BCUT2D eigenvalue weighted by Gasteiger charge is -2.11. The fourth-order valence-corrected chi connectivity index (χ4v) is 1.74. The number of nitrogens with zero attached hydrogens (tertiary/aromatic N) is 4. The third kappa shape index (κ3) is 4.75. The number of hydrogen-bond acceptors (Lipinski definition) is 6. The van der Waals surface area contributed by atoms with Gasteiger partial charge in [0, 0.05) is 24.8 Å². The molecule has 0 saturated carbocycles. The fraction of sp³-hybridized carbons (Fsp3) is 0.267. The molecule has 0 aliphatic carbocycles. The van der Waals surface area contributed by atoms with Gasteiger partial charge in [-0.3, -0.25) is 0 Å². The van der Waals surface area contributed by atoms with Crippen LogP contribution in [-0.2, 0) is 0 Å². The van der Waals surface area contributed by atoms with Gasteiger partial charge < -0.3 is 15.5 Å². The van der Waals surface area contributed by atoms with Gasteiger partial charge in [0.2, 0.25) is 0 Å². The van der Waals surface area contributed by atoms with Crippen molar-refractivity contribution in [1.29, 1.82) is 5.26 Å². The molecule has 0 amide bonds. The summed E-state index contributed by atoms with van der Waals surface area (Å²) in [5.74, 6) is 1.46. The zero-order valence-electron chi connectivity index (χ0n) is 12.2. The first-order chi connectivity index (χ1) is 10.2. The summed E-state index contributed by atoms with van der Waals surface area (Å²) in [7, 11) is 4.05. The highest BCUT2D eigenvalue weighted by Crippen LogP contribution is 2.17. The van der Waals surface area contributed by atoms with Gasteiger partial charge in [-0.15, -0.1) is 0 Å². The highest BCUT2D eigenvalue weighted by Gasteiger charge is 2.00. The maximum Gasteiger partial charge on any atom is 0.135 e. The van der Waals surface area contributed by atoms with Gasteiger partial charge in [-0.1, -0.05) is 6.07 Å². The van der Waals surface area contributed by atoms with Gasteiger partial charge >= 0.3 is 0 Å². The van der Waals surface area contributed by atoms with Crippen LogP contribution in [0.2, 0.25) is 0 Å². The molecule has 2 N–H and O–H groups in total. The predicted molar refractivity (Wildman–Crippen MR) is 83.5 cm³/mol. The first kappa shape index (κ1) is 14.8. The molecule has 0 bridgehead atoms. The van der Waals surface area contributed by atoms with E-state index in [4.69, 9.17) is 5.26 Å². The number of rotatable bonds is 6. The average molecular weight is 282 g/mol. The maximum atomic E-state index is 8.90. The molecule has 0 atom stereocenters. The summed E-state index contributed by atoms with van der Waals surface area (Å²) in [6.07, 6.45) is 1.51. The van der Waals surface area contributed by atoms with Crippen LogP contribution in [0.15, 0.2) is 36.7 Å². The molecule has 2 rings (SSSR count). The highest BCUT2D eigenvalue weighted by atomic mass is 15.1. The summed E-state index contributed by atoms with van der Waals surface area (Å²) in [5, 5.41) is 15.3. The maximum absolute atomic E-state index is 8.90. The van der Waals surface area contributed by atoms with Gasteiger partial charge in [-0.05, 0) is 32.3 Å². The first-order valence-electron chi connectivity index (χ1n) is 6.65. The molecular formula is C15H18N6. The normalized spacial score (nSPS) is 10.2. The smallest absolute Gasteiger partial charge is 0.135 e. The lowest BCUT2D eigenvalue weighted by atomic mass is 10.2. The van der Waals surface area contributed by atoms with Crippen molar-refractivity contribution in [3.63, 3.8) is 0 Å². The summed E-state index contributed by atoms with van der Waals surface area (Å²) in [4.78, 5) is 10.5. The van der Waals surface area contributed by atoms with Crippen molar-refractivity contribution < 1.29 is 0 Å². The van der Waals surface area contributed by atoms with Crippen LogP contribution in [0.25, 0.3) is 0 Å². The number of hydrogen-bond donors (Lipinski definition) is 2. The number of benzene rings is 1. The minimum absolute atomic E-state index is 0.610. The van der Waals surface area contributed by atoms with E-state index in [0.29, 0.717) is 11.4 Å². The van der Waals surface area contributed by atoms with Gasteiger partial charge in [0.15, 0.2) is 0 Å². The SMILES string of the molecule is CN(C)CCNc1cc(Nc2cccc(C#N)c2)ncn1. The molecule has 1 aromatic carbocycles. The van der Waals surface area contributed by atoms with Gasteiger partial charge in [-0.2, -0.15) is 5.26 Å². The van der Waals surface area contributed by atoms with Crippen molar-refractivity contribution in [3.8, 4) is 6.07 Å². The molecule has 108 valence electrons. The van der Waals surface area contributed by atoms with Crippen molar-refractivity contribution >= 4 is 17.3 Å². The Morgan fingerprint density at radius 2 is 2.00 bits per heavy atom. The summed E-state index contributed by atoms with van der Waals surface area (Å²) in [5.41, 5.74) is 1.44. The van der Waals surface area contributed by atoms with Crippen LogP contribution in [0.1, 0.15) is 5.56 Å². The van der Waals surface area contributed by atoms with Crippen molar-refractivity contribution in [2.75, 3.05) is 37.8 Å². The van der Waals surface area contributed by atoms with E-state index in [1.165, 1.54) is 6.33 Å². The Labute approximate surface area is 124 Å². The second-order valence-electron chi connectivity index (χ2n) is 4.84. The largest absolute Gasteiger partial charge is 0.369 e. The van der Waals surface area contributed by atoms with E-state index < -0.39 is 0 Å². The summed E-state index contributed by atoms with van der Waals surface area (Å²) >= 11 is 0. The van der Waals surface area contributed by atoms with E-state index in [-0.39, 0.29) is 0 Å². The van der Waals surface area contributed by atoms with E-state index in [9.17, 15) is 0 Å². The zero-order valence-corrected chi connectivity index (χ0v) is 12.2. The molecule has 0 radical (unpaired) electrons. The summed E-state index contributed by atoms with van der Waals surface area (Å²) in [6, 6.07) is 11.2. The minimum Gasteiger partial charge on any atom is -0.369 e. The van der Waals surface area contributed by atoms with Crippen LogP contribution in [0.4, 0.5) is 17.3 Å². The number of nitriles is 1. The minimum atomic E-state index is 0.610. The highest BCUT2D eigenvalue weighted by molar-refractivity contribution is 5.60. The lowest BCUT2D eigenvalue weighted by molar-refractivity contribution is 0.425. The number of aromatic nitrogens is 2. The van der Waals surface area contributed by atoms with Crippen molar-refractivity contribution in [1.82, 2.24) is 14.9 Å². The first-order valence-corrected chi connectivity index (χ1v) is 6.65. The molecule has 0 fully saturated rings. The molecule has 6 nitrogen and oxygen atoms in total. The molecule has 2 aromatic rings. The quantitative estimate of drug-likeness (QED) is 0.844. The summed E-state index contributed by atoms with van der Waals surface area (Å²) in [6.45, 7) is 1.74. The Balaban J connectivity index is 2.02. The molecule has 6 heteroatoms. The Morgan fingerprint density at radius 3 is 2.76 bits per heavy atom. The summed E-state index contributed by atoms with van der Waals surface area (Å²) < 4.78 is 0. The van der Waals surface area contributed by atoms with Crippen molar-refractivity contribution in [2.24, 2.45) is 0 Å². The van der Waals surface area contributed by atoms with Gasteiger partial charge in [0.05, 0.1) is 11.6 Å². The molecule has 0 unspecified atom stereocenters. The zero-order chi connectivity index (χ0) is 15.1. The van der Waals surface area contributed by atoms with Gasteiger partial charge in [0.1, 0.15) is 18.0 Å². The number of nitrogens with one attached hydrogen (secondary N) is 2. The van der Waals surface area contributed by atoms with E-state index in [0.717, 1.165) is 24.6 Å². The monoisotopic (exact) mass is 282 g/mol. The predicted octanol–water partition coefficient (Wildman–Crippen LogP) is 2.07. The second kappa shape index (κ2) is 7.22. The van der Waals surface area contributed by atoms with Crippen LogP contribution >= 0.6 is 0 Å². The number of anilines is 3. The van der Waals surface area contributed by atoms with E-state index in [1.54, 1.807) is 12.1 Å². The Bertz CT molecular complexity index is 632. The Kier molecular flexibility index (Phi) is 5.07. The molecule has 0 aliphatic heterocycles. The standard InChI is InChI=1S/C15H18N6/c1-21(2)7-6-17-14-9-15(19-11-18-14)20-13-5-3-4-12(8-13)10-16/h3-5,8-9,11H,6-7H2,1-2H3,(H2,17,18,19,20). The van der Waals surface area contributed by atoms with Crippen LogP contribution in [-0.4, -0.2) is 42.1 Å². The third-order valence-corrected chi connectivity index (χ3v) is 2.80. The van der Waals surface area contributed by atoms with E-state index in [2.05, 4.69) is 31.6 Å². The lowest BCUT2D eigenvalue weighted by Crippen LogP contribution is -2.21. The molecule has 0 saturated heterocycles. The topological polar surface area (TPSA) is 76.9 Å². The second-order valence-corrected chi connectivity index (χ2v) is 4.84. The van der Waals surface area contributed by atoms with E-state index >= 15 is 0 Å². The molecular weight excluding hydrogens is 264 g/mol. The third-order valence-electron chi connectivity index (χ3n) is 2.80. The van der Waals surface area contributed by atoms with Crippen molar-refractivity contribution in [2.45, 2.75) is 0 Å². The fourth-order valence-electron chi connectivity index (χ4n) is 1.74. The Hall–Kier alpha value is -2.65.